The fourth-order valence-corrected chi connectivity index (χ4v) is 4.27. The van der Waals surface area contributed by atoms with Gasteiger partial charge in [-0.2, -0.15) is 5.10 Å². The van der Waals surface area contributed by atoms with Crippen molar-refractivity contribution >= 4 is 11.4 Å². The summed E-state index contributed by atoms with van der Waals surface area (Å²) in [6.07, 6.45) is 0. The summed E-state index contributed by atoms with van der Waals surface area (Å²) in [5, 5.41) is 8.49. The Morgan fingerprint density at radius 1 is 0.677 bits per heavy atom. The highest BCUT2D eigenvalue weighted by molar-refractivity contribution is 6.07. The van der Waals surface area contributed by atoms with Crippen molar-refractivity contribution in [2.24, 2.45) is 5.10 Å². The highest BCUT2D eigenvalue weighted by Crippen LogP contribution is 2.41. The van der Waals surface area contributed by atoms with E-state index in [0.717, 1.165) is 23.5 Å². The summed E-state index contributed by atoms with van der Waals surface area (Å²) in [6.45, 7) is 0.784. The van der Waals surface area contributed by atoms with Crippen molar-refractivity contribution in [2.75, 3.05) is 5.32 Å². The Balaban J connectivity index is 1.53. The number of para-hydroxylation sites is 1. The first kappa shape index (κ1) is 19.1. The number of hydrogen-bond donors (Lipinski definition) is 2. The SMILES string of the molecule is c1ccc(CNc2ccccc2C2C(c3ccccc3)=NNC2c2ccccc2)cc1. The summed E-state index contributed by atoms with van der Waals surface area (Å²) in [7, 11) is 0. The van der Waals surface area contributed by atoms with Gasteiger partial charge in [-0.15, -0.1) is 0 Å². The summed E-state index contributed by atoms with van der Waals surface area (Å²) in [5.41, 5.74) is 10.5. The standard InChI is InChI=1S/C28H25N3/c1-4-12-21(13-5-1)20-29-25-19-11-10-18-24(25)26-27(22-14-6-2-7-15-22)30-31-28(26)23-16-8-3-9-17-23/h1-19,26-27,29-30H,20H2. The Labute approximate surface area is 183 Å². The van der Waals surface area contributed by atoms with Crippen molar-refractivity contribution in [1.29, 1.82) is 0 Å². The van der Waals surface area contributed by atoms with Crippen molar-refractivity contribution in [2.45, 2.75) is 18.5 Å². The highest BCUT2D eigenvalue weighted by atomic mass is 15.3. The lowest BCUT2D eigenvalue weighted by atomic mass is 9.81. The number of rotatable bonds is 6. The van der Waals surface area contributed by atoms with Crippen LogP contribution in [0.15, 0.2) is 120 Å². The molecule has 4 aromatic carbocycles. The summed E-state index contributed by atoms with van der Waals surface area (Å²) in [6, 6.07) is 40.2. The molecule has 0 spiro atoms. The summed E-state index contributed by atoms with van der Waals surface area (Å²) in [5.74, 6) is 0.101. The number of anilines is 1. The van der Waals surface area contributed by atoms with E-state index in [1.165, 1.54) is 16.7 Å². The molecule has 2 unspecified atom stereocenters. The summed E-state index contributed by atoms with van der Waals surface area (Å²) < 4.78 is 0. The van der Waals surface area contributed by atoms with Crippen LogP contribution in [0.2, 0.25) is 0 Å². The Morgan fingerprint density at radius 3 is 2.03 bits per heavy atom. The van der Waals surface area contributed by atoms with Gasteiger partial charge < -0.3 is 10.7 Å². The number of nitrogens with one attached hydrogen (secondary N) is 2. The minimum Gasteiger partial charge on any atom is -0.381 e. The molecule has 2 N–H and O–H groups in total. The molecular weight excluding hydrogens is 378 g/mol. The molecule has 5 rings (SSSR count). The molecule has 31 heavy (non-hydrogen) atoms. The van der Waals surface area contributed by atoms with Gasteiger partial charge in [-0.25, -0.2) is 0 Å². The minimum atomic E-state index is 0.0797. The van der Waals surface area contributed by atoms with E-state index in [4.69, 9.17) is 5.10 Å². The molecule has 0 saturated heterocycles. The van der Waals surface area contributed by atoms with Crippen LogP contribution in [0.3, 0.4) is 0 Å². The van der Waals surface area contributed by atoms with Gasteiger partial charge in [0, 0.05) is 12.2 Å². The molecule has 1 aliphatic rings. The predicted molar refractivity (Wildman–Crippen MR) is 128 cm³/mol. The number of nitrogens with zero attached hydrogens (tertiary/aromatic N) is 1. The van der Waals surface area contributed by atoms with Crippen LogP contribution in [0, 0.1) is 0 Å². The van der Waals surface area contributed by atoms with Crippen molar-refractivity contribution in [3.63, 3.8) is 0 Å². The van der Waals surface area contributed by atoms with E-state index >= 15 is 0 Å². The van der Waals surface area contributed by atoms with Gasteiger partial charge in [0.25, 0.3) is 0 Å². The summed E-state index contributed by atoms with van der Waals surface area (Å²) in [4.78, 5) is 0. The van der Waals surface area contributed by atoms with Gasteiger partial charge in [-0.3, -0.25) is 0 Å². The van der Waals surface area contributed by atoms with Crippen LogP contribution in [0.25, 0.3) is 0 Å². The van der Waals surface area contributed by atoms with Gasteiger partial charge >= 0.3 is 0 Å². The van der Waals surface area contributed by atoms with Gasteiger partial charge in [0.2, 0.25) is 0 Å². The largest absolute Gasteiger partial charge is 0.381 e. The number of hydrogen-bond acceptors (Lipinski definition) is 3. The second-order valence-corrected chi connectivity index (χ2v) is 7.78. The van der Waals surface area contributed by atoms with E-state index in [1.807, 2.05) is 6.07 Å². The average molecular weight is 404 g/mol. The van der Waals surface area contributed by atoms with Crippen LogP contribution in [0.1, 0.15) is 34.2 Å². The molecule has 0 amide bonds. The van der Waals surface area contributed by atoms with E-state index in [0.29, 0.717) is 0 Å². The van der Waals surface area contributed by atoms with Crippen LogP contribution in [-0.2, 0) is 6.54 Å². The van der Waals surface area contributed by atoms with Crippen LogP contribution in [0.4, 0.5) is 5.69 Å². The lowest BCUT2D eigenvalue weighted by Crippen LogP contribution is -2.21. The molecular formula is C28H25N3. The zero-order chi connectivity index (χ0) is 20.9. The molecule has 4 aromatic rings. The topological polar surface area (TPSA) is 36.4 Å². The maximum Gasteiger partial charge on any atom is 0.0815 e. The minimum absolute atomic E-state index is 0.0797. The molecule has 0 aliphatic carbocycles. The van der Waals surface area contributed by atoms with Gasteiger partial charge in [-0.05, 0) is 28.3 Å². The van der Waals surface area contributed by atoms with Crippen molar-refractivity contribution in [3.05, 3.63) is 138 Å². The molecule has 0 radical (unpaired) electrons. The Hall–Kier alpha value is -3.85. The second-order valence-electron chi connectivity index (χ2n) is 7.78. The lowest BCUT2D eigenvalue weighted by Gasteiger charge is -2.24. The Kier molecular flexibility index (Phi) is 5.48. The second kappa shape index (κ2) is 8.88. The predicted octanol–water partition coefficient (Wildman–Crippen LogP) is 6.13. The maximum absolute atomic E-state index is 4.82. The van der Waals surface area contributed by atoms with Crippen molar-refractivity contribution < 1.29 is 0 Å². The van der Waals surface area contributed by atoms with E-state index in [2.05, 4.69) is 120 Å². The zero-order valence-corrected chi connectivity index (χ0v) is 17.3. The average Bonchev–Trinajstić information content (AvgIpc) is 3.30. The molecule has 152 valence electrons. The zero-order valence-electron chi connectivity index (χ0n) is 17.3. The van der Waals surface area contributed by atoms with E-state index in [1.54, 1.807) is 0 Å². The van der Waals surface area contributed by atoms with E-state index in [-0.39, 0.29) is 12.0 Å². The maximum atomic E-state index is 4.82. The molecule has 0 fully saturated rings. The molecule has 0 bridgehead atoms. The first-order chi connectivity index (χ1) is 15.4. The first-order valence-electron chi connectivity index (χ1n) is 10.7. The summed E-state index contributed by atoms with van der Waals surface area (Å²) >= 11 is 0. The molecule has 0 saturated carbocycles. The van der Waals surface area contributed by atoms with Crippen LogP contribution in [-0.4, -0.2) is 5.71 Å². The van der Waals surface area contributed by atoms with Gasteiger partial charge in [0.15, 0.2) is 0 Å². The van der Waals surface area contributed by atoms with Gasteiger partial charge in [0.1, 0.15) is 0 Å². The Bertz CT molecular complexity index is 1150. The number of hydrazone groups is 1. The fourth-order valence-electron chi connectivity index (χ4n) is 4.27. The normalized spacial score (nSPS) is 17.6. The third-order valence-electron chi connectivity index (χ3n) is 5.80. The highest BCUT2D eigenvalue weighted by Gasteiger charge is 2.36. The fraction of sp³-hybridized carbons (Fsp3) is 0.107. The third-order valence-corrected chi connectivity index (χ3v) is 5.80. The van der Waals surface area contributed by atoms with E-state index < -0.39 is 0 Å². The molecule has 1 aliphatic heterocycles. The van der Waals surface area contributed by atoms with E-state index in [9.17, 15) is 0 Å². The quantitative estimate of drug-likeness (QED) is 0.406. The van der Waals surface area contributed by atoms with Crippen LogP contribution < -0.4 is 10.7 Å². The Morgan fingerprint density at radius 2 is 1.29 bits per heavy atom. The van der Waals surface area contributed by atoms with Gasteiger partial charge in [-0.1, -0.05) is 109 Å². The first-order valence-corrected chi connectivity index (χ1v) is 10.7. The molecule has 1 heterocycles. The number of benzene rings is 4. The monoisotopic (exact) mass is 403 g/mol. The van der Waals surface area contributed by atoms with Crippen LogP contribution >= 0.6 is 0 Å². The smallest absolute Gasteiger partial charge is 0.0815 e. The molecule has 2 atom stereocenters. The molecule has 3 nitrogen and oxygen atoms in total. The third kappa shape index (κ3) is 4.08. The lowest BCUT2D eigenvalue weighted by molar-refractivity contribution is 0.574. The molecule has 3 heteroatoms. The van der Waals surface area contributed by atoms with Gasteiger partial charge in [0.05, 0.1) is 17.7 Å². The van der Waals surface area contributed by atoms with Crippen LogP contribution in [0.5, 0.6) is 0 Å². The van der Waals surface area contributed by atoms with Crippen molar-refractivity contribution in [3.8, 4) is 0 Å². The molecule has 0 aromatic heterocycles. The van der Waals surface area contributed by atoms with Crippen molar-refractivity contribution in [1.82, 2.24) is 5.43 Å².